The van der Waals surface area contributed by atoms with Crippen LogP contribution in [-0.4, -0.2) is 15.5 Å². The maximum atomic E-state index is 12.6. The van der Waals surface area contributed by atoms with E-state index in [0.29, 0.717) is 22.3 Å². The van der Waals surface area contributed by atoms with Crippen LogP contribution < -0.4 is 10.9 Å². The van der Waals surface area contributed by atoms with Crippen molar-refractivity contribution in [2.24, 2.45) is 10.2 Å². The van der Waals surface area contributed by atoms with E-state index in [1.54, 1.807) is 30.3 Å². The van der Waals surface area contributed by atoms with E-state index in [1.807, 2.05) is 49.4 Å². The molecule has 0 unspecified atom stereocenters. The highest BCUT2D eigenvalue weighted by Gasteiger charge is 2.09. The lowest BCUT2D eigenvalue weighted by Crippen LogP contribution is -2.28. The van der Waals surface area contributed by atoms with Crippen molar-refractivity contribution in [1.29, 1.82) is 0 Å². The van der Waals surface area contributed by atoms with E-state index in [4.69, 9.17) is 0 Å². The molecule has 4 aromatic rings. The first-order valence-electron chi connectivity index (χ1n) is 9.41. The summed E-state index contributed by atoms with van der Waals surface area (Å²) in [6.45, 7) is 1.78. The van der Waals surface area contributed by atoms with Gasteiger partial charge in [-0.2, -0.15) is 10.2 Å². The van der Waals surface area contributed by atoms with E-state index in [0.717, 1.165) is 11.3 Å². The topological polar surface area (TPSA) is 88.7 Å². The average Bonchev–Trinajstić information content (AvgIpc) is 2.76. The second kappa shape index (κ2) is 8.48. The molecule has 7 heteroatoms. The van der Waals surface area contributed by atoms with E-state index in [1.165, 1.54) is 10.9 Å². The maximum Gasteiger partial charge on any atom is 0.261 e. The molecule has 1 amide bonds. The number of anilines is 1. The first-order chi connectivity index (χ1) is 14.6. The third-order valence-corrected chi connectivity index (χ3v) is 4.56. The summed E-state index contributed by atoms with van der Waals surface area (Å²) >= 11 is 0. The Kier molecular flexibility index (Phi) is 5.43. The minimum atomic E-state index is -0.315. The number of hydrogen-bond donors (Lipinski definition) is 1. The molecule has 0 saturated heterocycles. The summed E-state index contributed by atoms with van der Waals surface area (Å²) in [5.41, 5.74) is 3.37. The molecule has 30 heavy (non-hydrogen) atoms. The third-order valence-electron chi connectivity index (χ3n) is 4.56. The molecular weight excluding hydrogens is 378 g/mol. The zero-order valence-corrected chi connectivity index (χ0v) is 16.3. The van der Waals surface area contributed by atoms with Crippen molar-refractivity contribution < 1.29 is 4.79 Å². The number of azo groups is 1. The summed E-state index contributed by atoms with van der Waals surface area (Å²) in [6, 6.07) is 21.8. The van der Waals surface area contributed by atoms with E-state index in [-0.39, 0.29) is 18.0 Å². The van der Waals surface area contributed by atoms with E-state index < -0.39 is 0 Å². The smallest absolute Gasteiger partial charge is 0.261 e. The zero-order chi connectivity index (χ0) is 20.9. The van der Waals surface area contributed by atoms with Crippen LogP contribution in [0.15, 0.2) is 94.1 Å². The fourth-order valence-corrected chi connectivity index (χ4v) is 3.03. The number of amides is 1. The van der Waals surface area contributed by atoms with Gasteiger partial charge in [0.2, 0.25) is 5.91 Å². The normalized spacial score (nSPS) is 11.1. The molecule has 0 saturated carbocycles. The van der Waals surface area contributed by atoms with Gasteiger partial charge in [0.1, 0.15) is 6.54 Å². The number of nitrogens with one attached hydrogen (secondary N) is 1. The first kappa shape index (κ1) is 19.2. The Morgan fingerprint density at radius 3 is 2.37 bits per heavy atom. The Morgan fingerprint density at radius 2 is 1.63 bits per heavy atom. The second-order valence-electron chi connectivity index (χ2n) is 6.78. The molecule has 4 rings (SSSR count). The number of benzene rings is 3. The summed E-state index contributed by atoms with van der Waals surface area (Å²) < 4.78 is 1.31. The Morgan fingerprint density at radius 1 is 0.933 bits per heavy atom. The van der Waals surface area contributed by atoms with Gasteiger partial charge < -0.3 is 5.32 Å². The Bertz CT molecular complexity index is 1280. The largest absolute Gasteiger partial charge is 0.325 e. The van der Waals surface area contributed by atoms with Gasteiger partial charge >= 0.3 is 0 Å². The van der Waals surface area contributed by atoms with Crippen molar-refractivity contribution in [2.75, 3.05) is 5.32 Å². The van der Waals surface area contributed by atoms with Gasteiger partial charge in [0.25, 0.3) is 5.56 Å². The number of nitrogens with zero attached hydrogens (tertiary/aromatic N) is 4. The summed E-state index contributed by atoms with van der Waals surface area (Å²) in [5, 5.41) is 11.6. The lowest BCUT2D eigenvalue weighted by Gasteiger charge is -2.09. The van der Waals surface area contributed by atoms with Crippen LogP contribution in [0.4, 0.5) is 17.1 Å². The summed E-state index contributed by atoms with van der Waals surface area (Å²) in [6.07, 6.45) is 1.41. The standard InChI is InChI=1S/C23H19N5O2/c1-16-6-5-9-20-22(16)24-15-28(23(20)30)14-21(29)25-17-10-12-19(13-11-17)27-26-18-7-3-2-4-8-18/h2-13,15H,14H2,1H3,(H,25,29). The Balaban J connectivity index is 1.43. The fraction of sp³-hybridized carbons (Fsp3) is 0.0870. The van der Waals surface area contributed by atoms with Crippen LogP contribution in [0.1, 0.15) is 5.56 Å². The van der Waals surface area contributed by atoms with Crippen LogP contribution in [0, 0.1) is 6.92 Å². The maximum absolute atomic E-state index is 12.6. The van der Waals surface area contributed by atoms with Crippen LogP contribution in [-0.2, 0) is 11.3 Å². The molecule has 0 radical (unpaired) electrons. The number of fused-ring (bicyclic) bond motifs is 1. The number of hydrogen-bond acceptors (Lipinski definition) is 5. The van der Waals surface area contributed by atoms with Crippen molar-refractivity contribution in [2.45, 2.75) is 13.5 Å². The molecular formula is C23H19N5O2. The SMILES string of the molecule is Cc1cccc2c(=O)n(CC(=O)Nc3ccc(N=Nc4ccccc4)cc3)cnc12. The second-order valence-corrected chi connectivity index (χ2v) is 6.78. The number of para-hydroxylation sites is 1. The lowest BCUT2D eigenvalue weighted by molar-refractivity contribution is -0.116. The van der Waals surface area contributed by atoms with Crippen LogP contribution in [0.2, 0.25) is 0 Å². The number of carbonyl (C=O) groups excluding carboxylic acids is 1. The molecule has 0 bridgehead atoms. The molecule has 7 nitrogen and oxygen atoms in total. The fourth-order valence-electron chi connectivity index (χ4n) is 3.03. The van der Waals surface area contributed by atoms with Crippen molar-refractivity contribution in [1.82, 2.24) is 9.55 Å². The molecule has 3 aromatic carbocycles. The molecule has 1 heterocycles. The predicted molar refractivity (Wildman–Crippen MR) is 116 cm³/mol. The molecule has 0 spiro atoms. The van der Waals surface area contributed by atoms with Crippen LogP contribution in [0.3, 0.4) is 0 Å². The van der Waals surface area contributed by atoms with Gasteiger partial charge in [-0.05, 0) is 55.0 Å². The highest BCUT2D eigenvalue weighted by atomic mass is 16.2. The van der Waals surface area contributed by atoms with Crippen LogP contribution in [0.5, 0.6) is 0 Å². The number of rotatable bonds is 5. The van der Waals surface area contributed by atoms with E-state index in [9.17, 15) is 9.59 Å². The van der Waals surface area contributed by atoms with Gasteiger partial charge in [0.05, 0.1) is 28.6 Å². The molecule has 0 aliphatic carbocycles. The lowest BCUT2D eigenvalue weighted by atomic mass is 10.1. The van der Waals surface area contributed by atoms with Crippen molar-refractivity contribution >= 4 is 33.9 Å². The van der Waals surface area contributed by atoms with Gasteiger partial charge in [-0.25, -0.2) is 4.98 Å². The number of carbonyl (C=O) groups is 1. The van der Waals surface area contributed by atoms with Crippen molar-refractivity contribution in [3.05, 3.63) is 95.0 Å². The number of aryl methyl sites for hydroxylation is 1. The first-order valence-corrected chi connectivity index (χ1v) is 9.41. The predicted octanol–water partition coefficient (Wildman–Crippen LogP) is 4.76. The molecule has 0 aliphatic rings. The van der Waals surface area contributed by atoms with Crippen molar-refractivity contribution in [3.63, 3.8) is 0 Å². The summed E-state index contributed by atoms with van der Waals surface area (Å²) in [5.74, 6) is -0.315. The van der Waals surface area contributed by atoms with Crippen molar-refractivity contribution in [3.8, 4) is 0 Å². The van der Waals surface area contributed by atoms with Crippen LogP contribution in [0.25, 0.3) is 10.9 Å². The Hall–Kier alpha value is -4.13. The zero-order valence-electron chi connectivity index (χ0n) is 16.3. The third kappa shape index (κ3) is 4.30. The summed E-state index contributed by atoms with van der Waals surface area (Å²) in [7, 11) is 0. The van der Waals surface area contributed by atoms with Gasteiger partial charge in [0.15, 0.2) is 0 Å². The minimum absolute atomic E-state index is 0.120. The van der Waals surface area contributed by atoms with Gasteiger partial charge in [0, 0.05) is 5.69 Å². The Labute approximate surface area is 172 Å². The minimum Gasteiger partial charge on any atom is -0.325 e. The molecule has 0 aliphatic heterocycles. The summed E-state index contributed by atoms with van der Waals surface area (Å²) in [4.78, 5) is 29.3. The molecule has 1 N–H and O–H groups in total. The van der Waals surface area contributed by atoms with E-state index in [2.05, 4.69) is 20.5 Å². The molecule has 1 aromatic heterocycles. The van der Waals surface area contributed by atoms with Gasteiger partial charge in [-0.3, -0.25) is 14.2 Å². The van der Waals surface area contributed by atoms with Gasteiger partial charge in [-0.15, -0.1) is 0 Å². The molecule has 148 valence electrons. The van der Waals surface area contributed by atoms with Gasteiger partial charge in [-0.1, -0.05) is 30.3 Å². The average molecular weight is 397 g/mol. The highest BCUT2D eigenvalue weighted by molar-refractivity contribution is 5.91. The van der Waals surface area contributed by atoms with Crippen LogP contribution >= 0.6 is 0 Å². The van der Waals surface area contributed by atoms with E-state index >= 15 is 0 Å². The highest BCUT2D eigenvalue weighted by Crippen LogP contribution is 2.20. The monoisotopic (exact) mass is 397 g/mol. The molecule has 0 fully saturated rings. The quantitative estimate of drug-likeness (QED) is 0.493. The number of aromatic nitrogens is 2. The molecule has 0 atom stereocenters.